The summed E-state index contributed by atoms with van der Waals surface area (Å²) in [5.41, 5.74) is 2.09. The van der Waals surface area contributed by atoms with E-state index in [9.17, 15) is 28.8 Å². The number of nitrogens with zero attached hydrogens (tertiary/aromatic N) is 3. The van der Waals surface area contributed by atoms with Crippen LogP contribution in [0.4, 0.5) is 15.3 Å². The number of amides is 4. The summed E-state index contributed by atoms with van der Waals surface area (Å²) < 4.78 is 23.9. The van der Waals surface area contributed by atoms with Crippen molar-refractivity contribution >= 4 is 53.4 Å². The molecule has 3 aromatic carbocycles. The summed E-state index contributed by atoms with van der Waals surface area (Å²) in [6, 6.07) is 27.7. The second kappa shape index (κ2) is 20.8. The van der Waals surface area contributed by atoms with Crippen molar-refractivity contribution in [1.82, 2.24) is 15.1 Å². The number of pyridine rings is 1. The smallest absolute Gasteiger partial charge is 0.514 e. The van der Waals surface area contributed by atoms with Gasteiger partial charge < -0.3 is 51.5 Å². The quantitative estimate of drug-likeness (QED) is 0.0525. The number of nitrogens with one attached hydrogen (secondary N) is 2. The van der Waals surface area contributed by atoms with E-state index in [1.165, 1.54) is 22.7 Å². The zero-order valence-electron chi connectivity index (χ0n) is 37.4. The summed E-state index contributed by atoms with van der Waals surface area (Å²) in [7, 11) is 0. The molecule has 17 heteroatoms. The van der Waals surface area contributed by atoms with Gasteiger partial charge in [-0.2, -0.15) is 4.57 Å². The first-order valence-corrected chi connectivity index (χ1v) is 22.2. The minimum absolute atomic E-state index is 0. The number of benzene rings is 3. The number of hydrogen-bond donors (Lipinski definition) is 2. The molecule has 0 bridgehead atoms. The van der Waals surface area contributed by atoms with E-state index in [1.807, 2.05) is 66.7 Å². The Kier molecular flexibility index (Phi) is 15.4. The molecular weight excluding hydrogens is 931 g/mol. The first-order chi connectivity index (χ1) is 30.9. The number of fused-ring (bicyclic) bond motifs is 1. The van der Waals surface area contributed by atoms with Crippen LogP contribution in [0.2, 0.25) is 0 Å². The molecule has 4 amide bonds. The summed E-state index contributed by atoms with van der Waals surface area (Å²) in [5, 5.41) is 4.87. The molecule has 7 rings (SSSR count). The first kappa shape index (κ1) is 49.0. The molecule has 2 N–H and O–H groups in total. The van der Waals surface area contributed by atoms with Crippen LogP contribution in [-0.2, 0) is 46.5 Å². The number of anilines is 1. The number of carbonyl (C=O) groups excluding carboxylic acids is 6. The van der Waals surface area contributed by atoms with Gasteiger partial charge in [-0.1, -0.05) is 66.7 Å². The van der Waals surface area contributed by atoms with Crippen LogP contribution in [0.3, 0.4) is 0 Å². The van der Waals surface area contributed by atoms with Gasteiger partial charge in [-0.3, -0.25) is 19.3 Å². The maximum atomic E-state index is 14.5. The van der Waals surface area contributed by atoms with E-state index < -0.39 is 52.8 Å². The van der Waals surface area contributed by atoms with Gasteiger partial charge in [0.2, 0.25) is 12.5 Å². The normalized spacial score (nSPS) is 17.7. The molecule has 0 spiro atoms. The number of hydrogen-bond acceptors (Lipinski definition) is 11. The fourth-order valence-electron chi connectivity index (χ4n) is 7.45. The highest BCUT2D eigenvalue weighted by atomic mass is 79.9. The van der Waals surface area contributed by atoms with E-state index in [4.69, 9.17) is 18.9 Å². The molecule has 0 unspecified atom stereocenters. The molecule has 3 aliphatic heterocycles. The highest BCUT2D eigenvalue weighted by Gasteiger charge is 2.55. The fraction of sp³-hybridized carbons (Fsp3) is 0.327. The van der Waals surface area contributed by atoms with Gasteiger partial charge in [-0.05, 0) is 88.9 Å². The van der Waals surface area contributed by atoms with Crippen LogP contribution >= 0.6 is 11.8 Å². The molecule has 2 fully saturated rings. The average molecular weight is 983 g/mol. The van der Waals surface area contributed by atoms with Gasteiger partial charge in [0.1, 0.15) is 34.1 Å². The SMILES string of the molecule is CC(C)(C)OC(=O)N[C@@H]1C(=O)N2C(C(=O)OC(c3ccccc3)c3ccccc3)=C(/C=C3\CCN(Cc4ccc[n+](CC(=O)Nc5cccc(OC(=O)OC(C)(C)C)c5)c4)C3=O)CS[C@H]12.[Br-]. The second-order valence-corrected chi connectivity index (χ2v) is 18.8. The Morgan fingerprint density at radius 2 is 1.53 bits per heavy atom. The summed E-state index contributed by atoms with van der Waals surface area (Å²) in [6.07, 6.45) is 3.21. The lowest BCUT2D eigenvalue weighted by molar-refractivity contribution is -0.684. The number of carbonyl (C=O) groups is 6. The van der Waals surface area contributed by atoms with Crippen LogP contribution in [0.1, 0.15) is 70.8 Å². The minimum atomic E-state index is -0.939. The maximum absolute atomic E-state index is 14.5. The number of thioether (sulfide) groups is 1. The van der Waals surface area contributed by atoms with Gasteiger partial charge in [0, 0.05) is 41.3 Å². The standard InChI is InChI=1S/C49H51N5O10S.BrH/c1-48(2,3)63-46(59)51-39-43(57)54-40(45(58)62-41(32-16-9-7-10-17-32)33-18-11-8-12-19-33)35(30-65-44(39)54)25-34-22-24-53(42(34)56)28-31-15-14-23-52(27-31)29-38(55)50-36-20-13-21-37(26-36)61-47(60)64-49(4,5)6;/h7-21,23,25-27,39,41,44H,22,24,28-30H2,1-6H3,(H-,50,51,55,59);1H/b34-25+;/t39-,44-;/m1./s1. The van der Waals surface area contributed by atoms with Crippen molar-refractivity contribution in [3.05, 3.63) is 149 Å². The van der Waals surface area contributed by atoms with E-state index >= 15 is 0 Å². The van der Waals surface area contributed by atoms with Gasteiger partial charge in [0.15, 0.2) is 18.5 Å². The van der Waals surface area contributed by atoms with Gasteiger partial charge in [-0.15, -0.1) is 11.8 Å². The van der Waals surface area contributed by atoms with Crippen molar-refractivity contribution in [3.8, 4) is 5.75 Å². The molecule has 346 valence electrons. The number of alkyl carbamates (subject to hydrolysis) is 1. The molecule has 0 aliphatic carbocycles. The topological polar surface area (TPSA) is 174 Å². The number of ether oxygens (including phenoxy) is 4. The monoisotopic (exact) mass is 981 g/mol. The first-order valence-electron chi connectivity index (χ1n) is 21.2. The number of aromatic nitrogens is 1. The molecule has 1 aromatic heterocycles. The van der Waals surface area contributed by atoms with Crippen LogP contribution in [0.15, 0.2) is 132 Å². The van der Waals surface area contributed by atoms with E-state index in [-0.39, 0.29) is 59.1 Å². The predicted octanol–water partition coefficient (Wildman–Crippen LogP) is 3.98. The maximum Gasteiger partial charge on any atom is 0.514 e. The third-order valence-corrected chi connectivity index (χ3v) is 11.5. The number of allylic oxidation sites excluding steroid dienone is 1. The fourth-order valence-corrected chi connectivity index (χ4v) is 8.75. The molecule has 3 aliphatic rings. The Morgan fingerprint density at radius 1 is 0.864 bits per heavy atom. The van der Waals surface area contributed by atoms with Gasteiger partial charge in [0.25, 0.3) is 11.8 Å². The van der Waals surface area contributed by atoms with Crippen molar-refractivity contribution in [2.75, 3.05) is 17.6 Å². The highest BCUT2D eigenvalue weighted by Crippen LogP contribution is 2.43. The lowest BCUT2D eigenvalue weighted by Gasteiger charge is -2.49. The number of rotatable bonds is 12. The highest BCUT2D eigenvalue weighted by molar-refractivity contribution is 8.00. The molecule has 0 saturated carbocycles. The van der Waals surface area contributed by atoms with E-state index in [2.05, 4.69) is 10.6 Å². The van der Waals surface area contributed by atoms with Crippen molar-refractivity contribution < 1.29 is 69.3 Å². The number of β-lactam (4-membered cyclic amide) rings is 1. The summed E-state index contributed by atoms with van der Waals surface area (Å²) in [6.45, 7) is 11.0. The van der Waals surface area contributed by atoms with E-state index in [0.717, 1.165) is 16.7 Å². The predicted molar refractivity (Wildman–Crippen MR) is 241 cm³/mol. The van der Waals surface area contributed by atoms with Gasteiger partial charge >= 0.3 is 18.2 Å². The molecular formula is C49H52BrN5O10S. The zero-order chi connectivity index (χ0) is 46.5. The zero-order valence-corrected chi connectivity index (χ0v) is 39.9. The van der Waals surface area contributed by atoms with Crippen LogP contribution in [-0.4, -0.2) is 80.7 Å². The third kappa shape index (κ3) is 12.5. The number of esters is 1. The van der Waals surface area contributed by atoms with Crippen LogP contribution < -0.4 is 36.9 Å². The molecule has 66 heavy (non-hydrogen) atoms. The van der Waals surface area contributed by atoms with Crippen LogP contribution in [0, 0.1) is 0 Å². The average Bonchev–Trinajstić information content (AvgIpc) is 3.58. The lowest BCUT2D eigenvalue weighted by atomic mass is 10.00. The summed E-state index contributed by atoms with van der Waals surface area (Å²) >= 11 is 1.36. The Balaban J connectivity index is 0.00000720. The van der Waals surface area contributed by atoms with Crippen molar-refractivity contribution in [1.29, 1.82) is 0 Å². The molecule has 2 saturated heterocycles. The molecule has 15 nitrogen and oxygen atoms in total. The number of halogens is 1. The third-order valence-electron chi connectivity index (χ3n) is 10.2. The van der Waals surface area contributed by atoms with Gasteiger partial charge in [0.05, 0.1) is 6.54 Å². The largest absolute Gasteiger partial charge is 1.00 e. The van der Waals surface area contributed by atoms with Crippen LogP contribution in [0.25, 0.3) is 0 Å². The Labute approximate surface area is 398 Å². The summed E-state index contributed by atoms with van der Waals surface area (Å²) in [5.74, 6) is -1.34. The minimum Gasteiger partial charge on any atom is -1.00 e. The van der Waals surface area contributed by atoms with Gasteiger partial charge in [-0.25, -0.2) is 14.4 Å². The molecule has 4 heterocycles. The van der Waals surface area contributed by atoms with Crippen molar-refractivity contribution in [2.24, 2.45) is 0 Å². The second-order valence-electron chi connectivity index (χ2n) is 17.7. The van der Waals surface area contributed by atoms with Crippen LogP contribution in [0.5, 0.6) is 5.75 Å². The molecule has 0 radical (unpaired) electrons. The molecule has 2 atom stereocenters. The van der Waals surface area contributed by atoms with Crippen molar-refractivity contribution in [3.63, 3.8) is 0 Å². The Hall–Kier alpha value is -6.46. The Bertz CT molecular complexity index is 2500. The van der Waals surface area contributed by atoms with E-state index in [0.29, 0.717) is 29.8 Å². The lowest BCUT2D eigenvalue weighted by Crippen LogP contribution is -3.00. The molecule has 4 aromatic rings. The number of likely N-dealkylation sites (tertiary alicyclic amines) is 1. The van der Waals surface area contributed by atoms with E-state index in [1.54, 1.807) is 93.7 Å². The van der Waals surface area contributed by atoms with Crippen molar-refractivity contribution in [2.45, 2.75) is 89.8 Å². The summed E-state index contributed by atoms with van der Waals surface area (Å²) in [4.78, 5) is 83.4. The Morgan fingerprint density at radius 3 is 2.18 bits per heavy atom.